The molecule has 2 atom stereocenters. The van der Waals surface area contributed by atoms with Crippen molar-refractivity contribution in [2.24, 2.45) is 0 Å². The van der Waals surface area contributed by atoms with Gasteiger partial charge in [-0.1, -0.05) is 12.1 Å². The van der Waals surface area contributed by atoms with Gasteiger partial charge in [0, 0.05) is 23.5 Å². The predicted octanol–water partition coefficient (Wildman–Crippen LogP) is 5.75. The van der Waals surface area contributed by atoms with E-state index in [4.69, 9.17) is 5.11 Å². The van der Waals surface area contributed by atoms with Gasteiger partial charge in [0.25, 0.3) is 0 Å². The summed E-state index contributed by atoms with van der Waals surface area (Å²) >= 11 is 5.78. The molecule has 1 N–H and O–H groups in total. The van der Waals surface area contributed by atoms with E-state index in [2.05, 4.69) is 46.0 Å². The van der Waals surface area contributed by atoms with Crippen molar-refractivity contribution in [2.45, 2.75) is 30.1 Å². The Balaban J connectivity index is 0.000000361. The van der Waals surface area contributed by atoms with Gasteiger partial charge in [-0.15, -0.1) is 0 Å². The van der Waals surface area contributed by atoms with Gasteiger partial charge in [-0.3, -0.25) is 0 Å². The van der Waals surface area contributed by atoms with Gasteiger partial charge in [-0.2, -0.15) is 47.9 Å². The van der Waals surface area contributed by atoms with E-state index >= 15 is 0 Å². The van der Waals surface area contributed by atoms with Crippen LogP contribution in [0.3, 0.4) is 0 Å². The fraction of sp³-hybridized carbons (Fsp3) is 0.333. The number of alkyl halides is 9. The normalized spacial score (nSPS) is 14.8. The van der Waals surface area contributed by atoms with Crippen molar-refractivity contribution in [1.29, 1.82) is 0 Å². The second-order valence-electron chi connectivity index (χ2n) is 5.69. The Morgan fingerprint density at radius 3 is 1.52 bits per heavy atom. The Morgan fingerprint density at radius 1 is 0.788 bits per heavy atom. The molecule has 2 heterocycles. The zero-order valence-electron chi connectivity index (χ0n) is 15.3. The van der Waals surface area contributed by atoms with Gasteiger partial charge in [0.05, 0.1) is 0 Å². The van der Waals surface area contributed by atoms with Gasteiger partial charge < -0.3 is 5.11 Å². The lowest BCUT2D eigenvalue weighted by Crippen LogP contribution is -2.33. The van der Waals surface area contributed by atoms with E-state index in [1.807, 2.05) is 0 Å². The number of nitrogens with zero attached hydrogens (tertiary/aromatic N) is 2. The summed E-state index contributed by atoms with van der Waals surface area (Å²) in [7, 11) is -6.40. The molecule has 2 aromatic heterocycles. The first-order valence-electron chi connectivity index (χ1n) is 7.79. The minimum atomic E-state index is -6.40. The monoisotopic (exact) mass is 642 g/mol. The highest BCUT2D eigenvalue weighted by Crippen LogP contribution is 2.40. The van der Waals surface area contributed by atoms with E-state index in [1.54, 1.807) is 0 Å². The van der Waals surface area contributed by atoms with E-state index in [0.717, 1.165) is 24.4 Å². The minimum Gasteiger partial charge on any atom is -0.379 e. The second-order valence-corrected chi connectivity index (χ2v) is 8.88. The molecule has 0 spiro atoms. The third kappa shape index (κ3) is 8.99. The van der Waals surface area contributed by atoms with E-state index < -0.39 is 45.8 Å². The van der Waals surface area contributed by atoms with Crippen LogP contribution in [0.4, 0.5) is 39.5 Å². The summed E-state index contributed by atoms with van der Waals surface area (Å²) in [5, 5.41) is 8.77. The summed E-state index contributed by atoms with van der Waals surface area (Å²) in [4.78, 5) is 6.94. The molecule has 18 heteroatoms. The summed E-state index contributed by atoms with van der Waals surface area (Å²) in [6.45, 7) is 0. The number of aliphatic hydroxyl groups excluding tert-OH is 1. The van der Waals surface area contributed by atoms with Crippen LogP contribution in [-0.2, 0) is 14.3 Å². The van der Waals surface area contributed by atoms with Gasteiger partial charge in [-0.05, 0) is 44.0 Å². The van der Waals surface area contributed by atoms with Gasteiger partial charge in [0.15, 0.2) is 12.2 Å². The Hall–Kier alpha value is -1.50. The van der Waals surface area contributed by atoms with Crippen LogP contribution in [0.25, 0.3) is 0 Å². The number of aromatic nitrogens is 2. The molecule has 0 saturated carbocycles. The van der Waals surface area contributed by atoms with Crippen molar-refractivity contribution in [3.8, 4) is 0 Å². The molecular formula is C15H9Br2F9N2O4S. The van der Waals surface area contributed by atoms with Gasteiger partial charge in [0.2, 0.25) is 0 Å². The number of halogens is 11. The molecule has 33 heavy (non-hydrogen) atoms. The highest BCUT2D eigenvalue weighted by Gasteiger charge is 2.54. The lowest BCUT2D eigenvalue weighted by Gasteiger charge is -2.21. The largest absolute Gasteiger partial charge is 0.523 e. The third-order valence-electron chi connectivity index (χ3n) is 3.23. The van der Waals surface area contributed by atoms with Crippen molar-refractivity contribution in [1.82, 2.24) is 9.97 Å². The van der Waals surface area contributed by atoms with Crippen molar-refractivity contribution in [3.63, 3.8) is 0 Å². The molecule has 0 amide bonds. The molecule has 0 bridgehead atoms. The maximum absolute atomic E-state index is 12.6. The molecule has 0 aromatic carbocycles. The molecule has 2 unspecified atom stereocenters. The fourth-order valence-corrected chi connectivity index (χ4v) is 2.81. The van der Waals surface area contributed by atoms with Crippen LogP contribution < -0.4 is 0 Å². The average Bonchev–Trinajstić information content (AvgIpc) is 2.65. The van der Waals surface area contributed by atoms with E-state index in [-0.39, 0.29) is 10.2 Å². The van der Waals surface area contributed by atoms with Gasteiger partial charge in [0.1, 0.15) is 9.21 Å². The maximum atomic E-state index is 12.6. The molecule has 186 valence electrons. The van der Waals surface area contributed by atoms with Crippen LogP contribution in [0.1, 0.15) is 23.3 Å². The maximum Gasteiger partial charge on any atom is 0.523 e. The lowest BCUT2D eigenvalue weighted by atomic mass is 10.1. The predicted molar refractivity (Wildman–Crippen MR) is 99.7 cm³/mol. The van der Waals surface area contributed by atoms with Crippen molar-refractivity contribution in [2.75, 3.05) is 0 Å². The van der Waals surface area contributed by atoms with Gasteiger partial charge in [-0.25, -0.2) is 14.2 Å². The molecular weight excluding hydrogens is 635 g/mol. The quantitative estimate of drug-likeness (QED) is 0.198. The standard InChI is InChI=1S/C8H4BrF6NO3S.C7H5BrF3NO/c9-5-2-1-4(3-16-5)6(7(10,11)12)19-20(17,18)8(13,14)15;8-5-2-1-4(3-12-5)6(13)7(9,10)11/h1-3,6H;1-3,6,13H. The molecule has 0 aliphatic rings. The molecule has 6 nitrogen and oxygen atoms in total. The molecule has 2 aromatic rings. The fourth-order valence-electron chi connectivity index (χ4n) is 1.76. The van der Waals surface area contributed by atoms with Gasteiger partial charge >= 0.3 is 28.0 Å². The summed E-state index contributed by atoms with van der Waals surface area (Å²) in [6, 6.07) is 4.23. The van der Waals surface area contributed by atoms with Crippen LogP contribution in [0.5, 0.6) is 0 Å². The summed E-state index contributed by atoms with van der Waals surface area (Å²) < 4.78 is 135. The van der Waals surface area contributed by atoms with Crippen molar-refractivity contribution < 1.29 is 57.2 Å². The van der Waals surface area contributed by atoms with E-state index in [1.165, 1.54) is 6.07 Å². The Kier molecular flexibility index (Phi) is 9.69. The van der Waals surface area contributed by atoms with Crippen molar-refractivity contribution >= 4 is 42.0 Å². The Labute approximate surface area is 196 Å². The summed E-state index contributed by atoms with van der Waals surface area (Å²) in [5.74, 6) is 0. The second kappa shape index (κ2) is 10.8. The molecule has 2 rings (SSSR count). The summed E-state index contributed by atoms with van der Waals surface area (Å²) in [5.41, 5.74) is -7.11. The van der Waals surface area contributed by atoms with E-state index in [9.17, 15) is 47.9 Å². The van der Waals surface area contributed by atoms with Crippen LogP contribution in [0.2, 0.25) is 0 Å². The molecule has 0 fully saturated rings. The smallest absolute Gasteiger partial charge is 0.379 e. The first-order valence-corrected chi connectivity index (χ1v) is 10.8. The van der Waals surface area contributed by atoms with Crippen molar-refractivity contribution in [3.05, 3.63) is 57.0 Å². The highest BCUT2D eigenvalue weighted by molar-refractivity contribution is 9.10. The number of aliphatic hydroxyl groups is 1. The molecule has 0 radical (unpaired) electrons. The summed E-state index contributed by atoms with van der Waals surface area (Å²) in [6.07, 6.45) is -14.2. The third-order valence-corrected chi connectivity index (χ3v) is 5.18. The topological polar surface area (TPSA) is 89.4 Å². The number of hydrogen-bond donors (Lipinski definition) is 1. The zero-order valence-corrected chi connectivity index (χ0v) is 19.2. The van der Waals surface area contributed by atoms with E-state index in [0.29, 0.717) is 10.8 Å². The number of rotatable bonds is 4. The Bertz CT molecular complexity index is 1010. The average molecular weight is 644 g/mol. The first kappa shape index (κ1) is 29.5. The molecule has 0 aliphatic heterocycles. The Morgan fingerprint density at radius 2 is 1.21 bits per heavy atom. The van der Waals surface area contributed by atoms with Crippen LogP contribution in [0.15, 0.2) is 45.9 Å². The molecule has 0 saturated heterocycles. The minimum absolute atomic E-state index is 0.112. The van der Waals surface area contributed by atoms with Crippen LogP contribution >= 0.6 is 31.9 Å². The number of pyridine rings is 2. The van der Waals surface area contributed by atoms with Crippen LogP contribution in [0, 0.1) is 0 Å². The first-order chi connectivity index (χ1) is 14.8. The zero-order chi connectivity index (χ0) is 25.8. The van der Waals surface area contributed by atoms with Crippen LogP contribution in [-0.4, -0.2) is 41.4 Å². The highest BCUT2D eigenvalue weighted by atomic mass is 79.9. The SMILES string of the molecule is O=S(=O)(OC(c1ccc(Br)nc1)C(F)(F)F)C(F)(F)F.OC(c1ccc(Br)nc1)C(F)(F)F. The lowest BCUT2D eigenvalue weighted by molar-refractivity contribution is -0.206. The number of hydrogen-bond acceptors (Lipinski definition) is 6. The molecule has 0 aliphatic carbocycles.